The highest BCUT2D eigenvalue weighted by Gasteiger charge is 2.36. The van der Waals surface area contributed by atoms with Crippen LogP contribution in [-0.4, -0.2) is 47.1 Å². The Kier molecular flexibility index (Phi) is 7.75. The van der Waals surface area contributed by atoms with Gasteiger partial charge in [-0.2, -0.15) is 0 Å². The molecule has 1 unspecified atom stereocenters. The van der Waals surface area contributed by atoms with Crippen molar-refractivity contribution in [3.63, 3.8) is 0 Å². The summed E-state index contributed by atoms with van der Waals surface area (Å²) < 4.78 is 0. The first-order valence-electron chi connectivity index (χ1n) is 11.4. The molecule has 33 heavy (non-hydrogen) atoms. The first-order valence-corrected chi connectivity index (χ1v) is 12.8. The Morgan fingerprint density at radius 3 is 2.42 bits per heavy atom. The number of hydrogen-bond acceptors (Lipinski definition) is 3. The van der Waals surface area contributed by atoms with E-state index in [1.54, 1.807) is 36.2 Å². The van der Waals surface area contributed by atoms with Gasteiger partial charge in [0.15, 0.2) is 0 Å². The molecule has 6 heteroatoms. The third-order valence-corrected chi connectivity index (χ3v) is 7.92. The van der Waals surface area contributed by atoms with Crippen LogP contribution in [0, 0.1) is 5.41 Å². The average Bonchev–Trinajstić information content (AvgIpc) is 3.26. The van der Waals surface area contributed by atoms with Gasteiger partial charge in [0.05, 0.1) is 11.5 Å². The van der Waals surface area contributed by atoms with Crippen LogP contribution < -0.4 is 0 Å². The van der Waals surface area contributed by atoms with Crippen LogP contribution in [0.2, 0.25) is 0 Å². The highest BCUT2D eigenvalue weighted by Crippen LogP contribution is 2.38. The summed E-state index contributed by atoms with van der Waals surface area (Å²) in [5.41, 5.74) is 2.87. The normalized spacial score (nSPS) is 16.3. The van der Waals surface area contributed by atoms with E-state index in [4.69, 9.17) is 11.6 Å². The lowest BCUT2D eigenvalue weighted by atomic mass is 9.85. The van der Waals surface area contributed by atoms with Crippen molar-refractivity contribution in [1.29, 1.82) is 0 Å². The van der Waals surface area contributed by atoms with Crippen molar-refractivity contribution in [2.45, 2.75) is 52.5 Å². The summed E-state index contributed by atoms with van der Waals surface area (Å²) >= 11 is 7.79. The van der Waals surface area contributed by atoms with Gasteiger partial charge in [0, 0.05) is 23.8 Å². The molecule has 2 aromatic rings. The largest absolute Gasteiger partial charge is 0.330 e. The lowest BCUT2D eigenvalue weighted by Gasteiger charge is -2.38. The highest BCUT2D eigenvalue weighted by atomic mass is 35.5. The topological polar surface area (TPSA) is 40.6 Å². The summed E-state index contributed by atoms with van der Waals surface area (Å²) in [6.07, 6.45) is 2.49. The molecule has 3 rings (SSSR count). The van der Waals surface area contributed by atoms with Crippen LogP contribution in [0.25, 0.3) is 0 Å². The van der Waals surface area contributed by atoms with Crippen molar-refractivity contribution in [2.75, 3.05) is 25.5 Å². The smallest absolute Gasteiger partial charge is 0.243 e. The van der Waals surface area contributed by atoms with Crippen molar-refractivity contribution in [2.24, 2.45) is 5.41 Å². The molecule has 0 saturated heterocycles. The van der Waals surface area contributed by atoms with E-state index in [0.717, 1.165) is 12.0 Å². The minimum absolute atomic E-state index is 0.0151. The molecule has 0 aliphatic carbocycles. The first kappa shape index (κ1) is 25.5. The molecular formula is C27H35ClN2O2S. The van der Waals surface area contributed by atoms with Crippen molar-refractivity contribution in [1.82, 2.24) is 9.80 Å². The zero-order chi connectivity index (χ0) is 24.4. The van der Waals surface area contributed by atoms with E-state index >= 15 is 0 Å². The molecule has 0 saturated carbocycles. The van der Waals surface area contributed by atoms with Crippen LogP contribution in [0.4, 0.5) is 0 Å². The summed E-state index contributed by atoms with van der Waals surface area (Å²) in [6, 6.07) is 10.6. The second-order valence-corrected chi connectivity index (χ2v) is 11.7. The van der Waals surface area contributed by atoms with Gasteiger partial charge in [-0.3, -0.25) is 9.59 Å². The van der Waals surface area contributed by atoms with E-state index in [1.165, 1.54) is 16.0 Å². The zero-order valence-corrected chi connectivity index (χ0v) is 21.9. The van der Waals surface area contributed by atoms with Gasteiger partial charge in [0.1, 0.15) is 6.54 Å². The quantitative estimate of drug-likeness (QED) is 0.366. The lowest BCUT2D eigenvalue weighted by molar-refractivity contribution is -0.145. The van der Waals surface area contributed by atoms with Gasteiger partial charge in [0.25, 0.3) is 0 Å². The van der Waals surface area contributed by atoms with Crippen LogP contribution in [0.5, 0.6) is 0 Å². The number of amides is 2. The average molecular weight is 487 g/mol. The Labute approximate surface area is 207 Å². The Balaban J connectivity index is 1.92. The molecule has 0 radical (unpaired) electrons. The number of fused-ring (bicyclic) bond motifs is 1. The summed E-state index contributed by atoms with van der Waals surface area (Å²) in [5.74, 6) is 0.000614. The van der Waals surface area contributed by atoms with Gasteiger partial charge < -0.3 is 9.80 Å². The molecule has 1 aromatic heterocycles. The minimum Gasteiger partial charge on any atom is -0.330 e. The zero-order valence-electron chi connectivity index (χ0n) is 20.4. The van der Waals surface area contributed by atoms with E-state index in [0.29, 0.717) is 13.1 Å². The summed E-state index contributed by atoms with van der Waals surface area (Å²) in [4.78, 5) is 31.5. The third-order valence-electron chi connectivity index (χ3n) is 6.25. The van der Waals surface area contributed by atoms with Gasteiger partial charge in [-0.05, 0) is 53.8 Å². The predicted molar refractivity (Wildman–Crippen MR) is 138 cm³/mol. The van der Waals surface area contributed by atoms with Crippen LogP contribution >= 0.6 is 22.9 Å². The molecule has 1 aliphatic heterocycles. The van der Waals surface area contributed by atoms with Gasteiger partial charge in [-0.15, -0.1) is 29.5 Å². The Bertz CT molecular complexity index is 1000. The molecule has 1 aromatic carbocycles. The minimum atomic E-state index is -0.741. The molecular weight excluding hydrogens is 452 g/mol. The number of carbonyl (C=O) groups is 2. The van der Waals surface area contributed by atoms with Crippen molar-refractivity contribution in [3.8, 4) is 0 Å². The van der Waals surface area contributed by atoms with Crippen LogP contribution in [0.15, 0.2) is 48.4 Å². The molecule has 1 atom stereocenters. The molecule has 178 valence electrons. The maximum Gasteiger partial charge on any atom is 0.243 e. The second kappa shape index (κ2) is 10.0. The van der Waals surface area contributed by atoms with Gasteiger partial charge in [-0.1, -0.05) is 51.1 Å². The number of rotatable bonds is 7. The Morgan fingerprint density at radius 1 is 1.18 bits per heavy atom. The number of nitrogens with zero attached hydrogens (tertiary/aromatic N) is 2. The SMILES string of the molecule is C=CCN(CC(=O)N1CCc2sccc2C1c1ccc(C(C)(C)C)cc1)C(=O)C(C)(C)CCl. The summed E-state index contributed by atoms with van der Waals surface area (Å²) in [6.45, 7) is 14.9. The maximum atomic E-state index is 13.6. The van der Waals surface area contributed by atoms with E-state index < -0.39 is 5.41 Å². The number of alkyl halides is 1. The number of halogens is 1. The summed E-state index contributed by atoms with van der Waals surface area (Å²) in [7, 11) is 0. The molecule has 2 heterocycles. The van der Waals surface area contributed by atoms with E-state index in [9.17, 15) is 9.59 Å². The van der Waals surface area contributed by atoms with Crippen molar-refractivity contribution < 1.29 is 9.59 Å². The van der Waals surface area contributed by atoms with Crippen LogP contribution in [0.1, 0.15) is 62.2 Å². The fourth-order valence-corrected chi connectivity index (χ4v) is 5.24. The molecule has 0 spiro atoms. The van der Waals surface area contributed by atoms with E-state index in [1.807, 2.05) is 4.90 Å². The van der Waals surface area contributed by atoms with Gasteiger partial charge in [-0.25, -0.2) is 0 Å². The summed E-state index contributed by atoms with van der Waals surface area (Å²) in [5, 5.41) is 2.10. The van der Waals surface area contributed by atoms with Gasteiger partial charge in [0.2, 0.25) is 11.8 Å². The predicted octanol–water partition coefficient (Wildman–Crippen LogP) is 5.80. The first-order chi connectivity index (χ1) is 15.5. The molecule has 4 nitrogen and oxygen atoms in total. The van der Waals surface area contributed by atoms with E-state index in [2.05, 4.69) is 63.1 Å². The van der Waals surface area contributed by atoms with Crippen LogP contribution in [-0.2, 0) is 21.4 Å². The fourth-order valence-electron chi connectivity index (χ4n) is 4.22. The third kappa shape index (κ3) is 5.52. The standard InChI is InChI=1S/C27H35ClN2O2S/c1-7-14-29(25(32)27(5,6)18-28)17-23(31)30-15-12-22-21(13-16-33-22)24(30)19-8-10-20(11-9-19)26(2,3)4/h7-11,13,16,24H,1,12,14-15,17-18H2,2-6H3. The number of hydrogen-bond donors (Lipinski definition) is 0. The monoisotopic (exact) mass is 486 g/mol. The van der Waals surface area contributed by atoms with Crippen molar-refractivity contribution in [3.05, 3.63) is 69.9 Å². The lowest BCUT2D eigenvalue weighted by Crippen LogP contribution is -2.49. The Hall–Kier alpha value is -2.11. The van der Waals surface area contributed by atoms with E-state index in [-0.39, 0.29) is 35.7 Å². The van der Waals surface area contributed by atoms with Crippen molar-refractivity contribution >= 4 is 34.8 Å². The highest BCUT2D eigenvalue weighted by molar-refractivity contribution is 7.10. The van der Waals surface area contributed by atoms with Gasteiger partial charge >= 0.3 is 0 Å². The molecule has 0 N–H and O–H groups in total. The molecule has 2 amide bonds. The molecule has 0 fully saturated rings. The number of benzene rings is 1. The maximum absolute atomic E-state index is 13.6. The van der Waals surface area contributed by atoms with Crippen LogP contribution in [0.3, 0.4) is 0 Å². The number of carbonyl (C=O) groups excluding carboxylic acids is 2. The molecule has 1 aliphatic rings. The number of thiophene rings is 1. The second-order valence-electron chi connectivity index (χ2n) is 10.4. The Morgan fingerprint density at radius 2 is 1.85 bits per heavy atom. The fraction of sp³-hybridized carbons (Fsp3) is 0.481. The molecule has 0 bridgehead atoms.